The Bertz CT molecular complexity index is 496. The Balaban J connectivity index is 1.98. The molecule has 2 fully saturated rings. The van der Waals surface area contributed by atoms with Crippen LogP contribution < -0.4 is 0 Å². The first-order chi connectivity index (χ1) is 10.3. The Labute approximate surface area is 135 Å². The predicted molar refractivity (Wildman–Crippen MR) is 90.4 cm³/mol. The minimum absolute atomic E-state index is 0.102. The van der Waals surface area contributed by atoms with Crippen LogP contribution in [-0.4, -0.2) is 22.9 Å². The van der Waals surface area contributed by atoms with Crippen LogP contribution in [0.4, 0.5) is 0 Å². The molecule has 2 nitrogen and oxygen atoms in total. The Morgan fingerprint density at radius 3 is 2.59 bits per heavy atom. The summed E-state index contributed by atoms with van der Waals surface area (Å²) in [5, 5.41) is 20.5. The van der Waals surface area contributed by atoms with Crippen LogP contribution >= 0.6 is 0 Å². The molecule has 2 N–H and O–H groups in total. The third kappa shape index (κ3) is 2.14. The second kappa shape index (κ2) is 5.21. The average molecular weight is 304 g/mol. The largest absolute Gasteiger partial charge is 0.396 e. The van der Waals surface area contributed by atoms with E-state index >= 15 is 0 Å². The Kier molecular flexibility index (Phi) is 3.85. The summed E-state index contributed by atoms with van der Waals surface area (Å²) in [6.07, 6.45) is 10.8. The van der Waals surface area contributed by atoms with Crippen molar-refractivity contribution in [2.45, 2.75) is 65.4 Å². The van der Waals surface area contributed by atoms with Gasteiger partial charge in [0.25, 0.3) is 0 Å². The number of rotatable bonds is 2. The fourth-order valence-electron chi connectivity index (χ4n) is 5.94. The maximum Gasteiger partial charge on any atom is 0.0618 e. The summed E-state index contributed by atoms with van der Waals surface area (Å²) in [4.78, 5) is 0. The lowest BCUT2D eigenvalue weighted by Crippen LogP contribution is -2.58. The van der Waals surface area contributed by atoms with Gasteiger partial charge in [-0.05, 0) is 55.8 Å². The lowest BCUT2D eigenvalue weighted by Gasteiger charge is -2.61. The molecule has 0 aromatic carbocycles. The number of hydrogen-bond donors (Lipinski definition) is 2. The quantitative estimate of drug-likeness (QED) is 0.755. The second-order valence-electron chi connectivity index (χ2n) is 8.84. The molecule has 3 aliphatic carbocycles. The maximum atomic E-state index is 10.5. The summed E-state index contributed by atoms with van der Waals surface area (Å²) < 4.78 is 0. The van der Waals surface area contributed by atoms with E-state index in [0.29, 0.717) is 11.8 Å². The molecule has 0 aromatic heterocycles. The van der Waals surface area contributed by atoms with Crippen LogP contribution in [0, 0.1) is 28.1 Å². The minimum atomic E-state index is -0.358. The van der Waals surface area contributed by atoms with Gasteiger partial charge >= 0.3 is 0 Å². The van der Waals surface area contributed by atoms with Crippen molar-refractivity contribution < 1.29 is 10.2 Å². The molecule has 0 unspecified atom stereocenters. The van der Waals surface area contributed by atoms with Crippen molar-refractivity contribution in [3.05, 3.63) is 24.3 Å². The van der Waals surface area contributed by atoms with Crippen molar-refractivity contribution in [3.8, 4) is 0 Å². The zero-order chi connectivity index (χ0) is 16.2. The van der Waals surface area contributed by atoms with Gasteiger partial charge in [0.05, 0.1) is 12.7 Å². The lowest BCUT2D eigenvalue weighted by atomic mass is 9.44. The van der Waals surface area contributed by atoms with E-state index in [9.17, 15) is 10.2 Å². The Morgan fingerprint density at radius 1 is 1.23 bits per heavy atom. The molecule has 6 atom stereocenters. The summed E-state index contributed by atoms with van der Waals surface area (Å²) in [7, 11) is 0. The molecule has 0 spiro atoms. The highest BCUT2D eigenvalue weighted by Gasteiger charge is 2.58. The summed E-state index contributed by atoms with van der Waals surface area (Å²) in [6, 6.07) is 0. The van der Waals surface area contributed by atoms with E-state index in [2.05, 4.69) is 39.5 Å². The predicted octanol–water partition coefficient (Wildman–Crippen LogP) is 4.08. The molecule has 0 heterocycles. The molecular weight excluding hydrogens is 272 g/mol. The van der Waals surface area contributed by atoms with Crippen molar-refractivity contribution >= 4 is 0 Å². The maximum absolute atomic E-state index is 10.5. The average Bonchev–Trinajstić information content (AvgIpc) is 2.51. The van der Waals surface area contributed by atoms with Crippen LogP contribution in [0.5, 0.6) is 0 Å². The fourth-order valence-corrected chi connectivity index (χ4v) is 5.94. The van der Waals surface area contributed by atoms with Crippen LogP contribution in [0.1, 0.15) is 59.3 Å². The highest BCUT2D eigenvalue weighted by atomic mass is 16.3. The normalized spacial score (nSPS) is 51.5. The summed E-state index contributed by atoms with van der Waals surface area (Å²) >= 11 is 0. The number of aliphatic hydroxyl groups is 2. The van der Waals surface area contributed by atoms with Crippen LogP contribution in [0.15, 0.2) is 24.3 Å². The first-order valence-electron chi connectivity index (χ1n) is 8.93. The third-order valence-electron chi connectivity index (χ3n) is 7.57. The molecule has 2 saturated carbocycles. The molecule has 0 aromatic rings. The van der Waals surface area contributed by atoms with Crippen LogP contribution in [0.25, 0.3) is 0 Å². The molecule has 22 heavy (non-hydrogen) atoms. The van der Waals surface area contributed by atoms with Gasteiger partial charge in [-0.2, -0.15) is 0 Å². The fraction of sp³-hybridized carbons (Fsp3) is 0.800. The third-order valence-corrected chi connectivity index (χ3v) is 7.57. The number of aliphatic hydroxyl groups excluding tert-OH is 2. The van der Waals surface area contributed by atoms with Gasteiger partial charge in [-0.15, -0.1) is 6.58 Å². The Morgan fingerprint density at radius 2 is 1.95 bits per heavy atom. The highest BCUT2D eigenvalue weighted by Crippen LogP contribution is 2.63. The van der Waals surface area contributed by atoms with Gasteiger partial charge in [-0.1, -0.05) is 38.5 Å². The SMILES string of the molecule is C=C[C@@]1(C)C=C2CC[C@@H]3[C@](C)(CO)[C@@H](O)CC[C@]3(C)[C@H]2CC1. The first-order valence-corrected chi connectivity index (χ1v) is 8.93. The van der Waals surface area contributed by atoms with E-state index in [4.69, 9.17) is 0 Å². The van der Waals surface area contributed by atoms with Crippen molar-refractivity contribution in [2.24, 2.45) is 28.1 Å². The van der Waals surface area contributed by atoms with Gasteiger partial charge in [0.15, 0.2) is 0 Å². The van der Waals surface area contributed by atoms with Crippen LogP contribution in [0.3, 0.4) is 0 Å². The van der Waals surface area contributed by atoms with Gasteiger partial charge < -0.3 is 10.2 Å². The second-order valence-corrected chi connectivity index (χ2v) is 8.84. The van der Waals surface area contributed by atoms with E-state index < -0.39 is 0 Å². The van der Waals surface area contributed by atoms with Gasteiger partial charge in [0, 0.05) is 10.8 Å². The van der Waals surface area contributed by atoms with Crippen LogP contribution in [-0.2, 0) is 0 Å². The minimum Gasteiger partial charge on any atom is -0.396 e. The van der Waals surface area contributed by atoms with Gasteiger partial charge in [-0.25, -0.2) is 0 Å². The zero-order valence-corrected chi connectivity index (χ0v) is 14.4. The van der Waals surface area contributed by atoms with E-state index in [1.165, 1.54) is 12.8 Å². The summed E-state index contributed by atoms with van der Waals surface area (Å²) in [5.41, 5.74) is 1.66. The smallest absolute Gasteiger partial charge is 0.0618 e. The first kappa shape index (κ1) is 16.3. The van der Waals surface area contributed by atoms with Gasteiger partial charge in [-0.3, -0.25) is 0 Å². The molecule has 3 aliphatic rings. The molecule has 0 bridgehead atoms. The molecule has 0 amide bonds. The summed E-state index contributed by atoms with van der Waals surface area (Å²) in [5.74, 6) is 1.04. The molecule has 124 valence electrons. The van der Waals surface area contributed by atoms with E-state index in [1.807, 2.05) is 0 Å². The van der Waals surface area contributed by atoms with Gasteiger partial charge in [0.1, 0.15) is 0 Å². The number of hydrogen-bond acceptors (Lipinski definition) is 2. The van der Waals surface area contributed by atoms with Crippen molar-refractivity contribution in [2.75, 3.05) is 6.61 Å². The van der Waals surface area contributed by atoms with Crippen molar-refractivity contribution in [1.82, 2.24) is 0 Å². The van der Waals surface area contributed by atoms with Crippen LogP contribution in [0.2, 0.25) is 0 Å². The van der Waals surface area contributed by atoms with Crippen molar-refractivity contribution in [1.29, 1.82) is 0 Å². The number of fused-ring (bicyclic) bond motifs is 3. The lowest BCUT2D eigenvalue weighted by molar-refractivity contribution is -0.153. The summed E-state index contributed by atoms with van der Waals surface area (Å²) in [6.45, 7) is 10.9. The van der Waals surface area contributed by atoms with E-state index in [0.717, 1.165) is 25.7 Å². The van der Waals surface area contributed by atoms with E-state index in [-0.39, 0.29) is 29.0 Å². The standard InChI is InChI=1S/C20H32O2/c1-5-18(2)10-8-15-14(12-18)6-7-16-19(15,3)11-9-17(22)20(16,4)13-21/h5,12,15-17,21-22H,1,6-11,13H2,2-4H3/t15-,16-,17-,18+,19+,20-/m0/s1. The Hall–Kier alpha value is -0.600. The molecule has 2 heteroatoms. The van der Waals surface area contributed by atoms with Crippen molar-refractivity contribution in [3.63, 3.8) is 0 Å². The molecule has 0 saturated heterocycles. The number of allylic oxidation sites excluding steroid dienone is 3. The molecule has 3 rings (SSSR count). The highest BCUT2D eigenvalue weighted by molar-refractivity contribution is 5.27. The topological polar surface area (TPSA) is 40.5 Å². The molecule has 0 aliphatic heterocycles. The zero-order valence-electron chi connectivity index (χ0n) is 14.4. The molecule has 0 radical (unpaired) electrons. The van der Waals surface area contributed by atoms with E-state index in [1.54, 1.807) is 5.57 Å². The monoisotopic (exact) mass is 304 g/mol. The van der Waals surface area contributed by atoms with Gasteiger partial charge in [0.2, 0.25) is 0 Å². The molecular formula is C20H32O2.